The molecule has 0 bridgehead atoms. The van der Waals surface area contributed by atoms with Crippen molar-refractivity contribution in [3.8, 4) is 0 Å². The van der Waals surface area contributed by atoms with Crippen LogP contribution in [0, 0.1) is 5.92 Å². The summed E-state index contributed by atoms with van der Waals surface area (Å²) < 4.78 is 0. The molecular weight excluding hydrogens is 280 g/mol. The van der Waals surface area contributed by atoms with Crippen LogP contribution in [0.1, 0.15) is 19.3 Å². The number of piperazine rings is 1. The van der Waals surface area contributed by atoms with Gasteiger partial charge in [-0.3, -0.25) is 15.6 Å². The van der Waals surface area contributed by atoms with Gasteiger partial charge in [-0.15, -0.1) is 0 Å². The third-order valence-electron chi connectivity index (χ3n) is 4.38. The standard InChI is InChI=1S/C15H24N6O/c22-14(4-1-3-13-11-18-19-12-13)20-7-9-21(10-8-20)15-16-5-2-6-17-15/h2,5-6,13,18-19H,1,3-4,7-12H2. The highest BCUT2D eigenvalue weighted by Gasteiger charge is 2.22. The fourth-order valence-corrected chi connectivity index (χ4v) is 3.02. The number of nitrogens with one attached hydrogen (secondary N) is 2. The molecule has 1 amide bonds. The molecule has 2 aliphatic heterocycles. The number of rotatable bonds is 5. The minimum Gasteiger partial charge on any atom is -0.339 e. The fraction of sp³-hybridized carbons (Fsp3) is 0.667. The van der Waals surface area contributed by atoms with E-state index in [-0.39, 0.29) is 5.91 Å². The minimum absolute atomic E-state index is 0.285. The van der Waals surface area contributed by atoms with Crippen LogP contribution in [-0.4, -0.2) is 60.0 Å². The molecule has 0 unspecified atom stereocenters. The summed E-state index contributed by atoms with van der Waals surface area (Å²) in [6, 6.07) is 1.82. The van der Waals surface area contributed by atoms with E-state index in [1.54, 1.807) is 12.4 Å². The monoisotopic (exact) mass is 304 g/mol. The van der Waals surface area contributed by atoms with Gasteiger partial charge in [0, 0.05) is 58.1 Å². The van der Waals surface area contributed by atoms with Gasteiger partial charge in [0.1, 0.15) is 0 Å². The summed E-state index contributed by atoms with van der Waals surface area (Å²) in [7, 11) is 0. The lowest BCUT2D eigenvalue weighted by atomic mass is 10.0. The SMILES string of the molecule is O=C(CCCC1CNNC1)N1CCN(c2ncccn2)CC1. The van der Waals surface area contributed by atoms with Crippen LogP contribution in [0.5, 0.6) is 0 Å². The van der Waals surface area contributed by atoms with Crippen LogP contribution in [0.25, 0.3) is 0 Å². The van der Waals surface area contributed by atoms with Crippen molar-refractivity contribution >= 4 is 11.9 Å². The van der Waals surface area contributed by atoms with E-state index >= 15 is 0 Å². The number of nitrogens with zero attached hydrogens (tertiary/aromatic N) is 4. The maximum absolute atomic E-state index is 12.3. The summed E-state index contributed by atoms with van der Waals surface area (Å²) >= 11 is 0. The predicted octanol–water partition coefficient (Wildman–Crippen LogP) is 0.0195. The third-order valence-corrected chi connectivity index (χ3v) is 4.38. The van der Waals surface area contributed by atoms with Gasteiger partial charge in [0.05, 0.1) is 0 Å². The molecule has 7 heteroatoms. The smallest absolute Gasteiger partial charge is 0.225 e. The Morgan fingerprint density at radius 3 is 2.50 bits per heavy atom. The molecular formula is C15H24N6O. The topological polar surface area (TPSA) is 73.4 Å². The van der Waals surface area contributed by atoms with Crippen LogP contribution in [0.2, 0.25) is 0 Å². The van der Waals surface area contributed by atoms with Crippen molar-refractivity contribution in [2.45, 2.75) is 19.3 Å². The summed E-state index contributed by atoms with van der Waals surface area (Å²) in [4.78, 5) is 24.9. The second-order valence-electron chi connectivity index (χ2n) is 5.94. The van der Waals surface area contributed by atoms with Gasteiger partial charge < -0.3 is 9.80 Å². The molecule has 0 aliphatic carbocycles. The first-order chi connectivity index (χ1) is 10.8. The Hall–Kier alpha value is -1.73. The van der Waals surface area contributed by atoms with Gasteiger partial charge in [0.2, 0.25) is 11.9 Å². The van der Waals surface area contributed by atoms with Crippen molar-refractivity contribution in [1.82, 2.24) is 25.7 Å². The Balaban J connectivity index is 1.38. The van der Waals surface area contributed by atoms with E-state index in [9.17, 15) is 4.79 Å². The van der Waals surface area contributed by atoms with Crippen LogP contribution in [-0.2, 0) is 4.79 Å². The highest BCUT2D eigenvalue weighted by Crippen LogP contribution is 2.13. The number of hydrogen-bond acceptors (Lipinski definition) is 6. The van der Waals surface area contributed by atoms with Gasteiger partial charge in [-0.05, 0) is 24.8 Å². The zero-order chi connectivity index (χ0) is 15.2. The van der Waals surface area contributed by atoms with Crippen LogP contribution in [0.3, 0.4) is 0 Å². The van der Waals surface area contributed by atoms with Crippen LogP contribution in [0.15, 0.2) is 18.5 Å². The molecule has 2 aliphatic rings. The summed E-state index contributed by atoms with van der Waals surface area (Å²) in [6.07, 6.45) is 6.27. The van der Waals surface area contributed by atoms with Crippen molar-refractivity contribution in [1.29, 1.82) is 0 Å². The highest BCUT2D eigenvalue weighted by atomic mass is 16.2. The highest BCUT2D eigenvalue weighted by molar-refractivity contribution is 5.76. The molecule has 2 fully saturated rings. The molecule has 0 radical (unpaired) electrons. The van der Waals surface area contributed by atoms with Gasteiger partial charge in [-0.25, -0.2) is 9.97 Å². The zero-order valence-electron chi connectivity index (χ0n) is 12.9. The van der Waals surface area contributed by atoms with Gasteiger partial charge in [0.25, 0.3) is 0 Å². The van der Waals surface area contributed by atoms with Crippen molar-refractivity contribution in [3.05, 3.63) is 18.5 Å². The maximum atomic E-state index is 12.3. The summed E-state index contributed by atoms with van der Waals surface area (Å²) in [5, 5.41) is 0. The Kier molecular flexibility index (Phi) is 5.18. The lowest BCUT2D eigenvalue weighted by molar-refractivity contribution is -0.131. The van der Waals surface area contributed by atoms with Crippen molar-refractivity contribution in [2.75, 3.05) is 44.2 Å². The molecule has 3 rings (SSSR count). The minimum atomic E-state index is 0.285. The molecule has 7 nitrogen and oxygen atoms in total. The molecule has 2 saturated heterocycles. The lowest BCUT2D eigenvalue weighted by Gasteiger charge is -2.34. The van der Waals surface area contributed by atoms with Gasteiger partial charge in [-0.2, -0.15) is 0 Å². The number of hydrazine groups is 1. The van der Waals surface area contributed by atoms with E-state index in [2.05, 4.69) is 25.7 Å². The number of carbonyl (C=O) groups is 1. The maximum Gasteiger partial charge on any atom is 0.225 e. The first kappa shape index (κ1) is 15.2. The van der Waals surface area contributed by atoms with E-state index in [1.165, 1.54) is 0 Å². The Bertz CT molecular complexity index is 468. The summed E-state index contributed by atoms with van der Waals surface area (Å²) in [6.45, 7) is 5.19. The molecule has 0 saturated carbocycles. The Labute approximate surface area is 131 Å². The number of carbonyl (C=O) groups excluding carboxylic acids is 1. The third kappa shape index (κ3) is 3.92. The first-order valence-corrected chi connectivity index (χ1v) is 8.08. The second kappa shape index (κ2) is 7.51. The summed E-state index contributed by atoms with van der Waals surface area (Å²) in [5.41, 5.74) is 6.26. The van der Waals surface area contributed by atoms with Crippen LogP contribution in [0.4, 0.5) is 5.95 Å². The number of hydrogen-bond donors (Lipinski definition) is 2. The van der Waals surface area contributed by atoms with Gasteiger partial charge >= 0.3 is 0 Å². The van der Waals surface area contributed by atoms with E-state index in [4.69, 9.17) is 0 Å². The van der Waals surface area contributed by atoms with Crippen molar-refractivity contribution < 1.29 is 4.79 Å². The molecule has 120 valence electrons. The van der Waals surface area contributed by atoms with E-state index in [0.29, 0.717) is 12.3 Å². The summed E-state index contributed by atoms with van der Waals surface area (Å²) in [5.74, 6) is 1.71. The Morgan fingerprint density at radius 2 is 1.82 bits per heavy atom. The molecule has 3 heterocycles. The largest absolute Gasteiger partial charge is 0.339 e. The first-order valence-electron chi connectivity index (χ1n) is 8.08. The molecule has 0 atom stereocenters. The van der Waals surface area contributed by atoms with E-state index < -0.39 is 0 Å². The van der Waals surface area contributed by atoms with Crippen molar-refractivity contribution in [2.24, 2.45) is 5.92 Å². The van der Waals surface area contributed by atoms with Gasteiger partial charge in [0.15, 0.2) is 0 Å². The Morgan fingerprint density at radius 1 is 1.14 bits per heavy atom. The molecule has 0 spiro atoms. The number of anilines is 1. The number of aromatic nitrogens is 2. The predicted molar refractivity (Wildman–Crippen MR) is 84.2 cm³/mol. The molecule has 22 heavy (non-hydrogen) atoms. The lowest BCUT2D eigenvalue weighted by Crippen LogP contribution is -2.49. The average Bonchev–Trinajstić information content (AvgIpc) is 3.09. The molecule has 2 N–H and O–H groups in total. The van der Waals surface area contributed by atoms with Crippen LogP contribution >= 0.6 is 0 Å². The van der Waals surface area contributed by atoms with E-state index in [0.717, 1.165) is 58.1 Å². The van der Waals surface area contributed by atoms with Gasteiger partial charge in [-0.1, -0.05) is 0 Å². The van der Waals surface area contributed by atoms with Crippen molar-refractivity contribution in [3.63, 3.8) is 0 Å². The zero-order valence-corrected chi connectivity index (χ0v) is 12.9. The second-order valence-corrected chi connectivity index (χ2v) is 5.94. The molecule has 1 aromatic rings. The average molecular weight is 304 g/mol. The van der Waals surface area contributed by atoms with Crippen LogP contribution < -0.4 is 15.8 Å². The molecule has 1 aromatic heterocycles. The number of amides is 1. The van der Waals surface area contributed by atoms with E-state index in [1.807, 2.05) is 11.0 Å². The quantitative estimate of drug-likeness (QED) is 0.799. The normalized spacial score (nSPS) is 19.6. The molecule has 0 aromatic carbocycles. The fourth-order valence-electron chi connectivity index (χ4n) is 3.02.